The Hall–Kier alpha value is -3.19. The van der Waals surface area contributed by atoms with Gasteiger partial charge in [-0.3, -0.25) is 9.10 Å². The van der Waals surface area contributed by atoms with Gasteiger partial charge in [0.15, 0.2) is 0 Å². The van der Waals surface area contributed by atoms with Gasteiger partial charge in [-0.05, 0) is 80.8 Å². The molecule has 0 saturated heterocycles. The number of nitrogens with one attached hydrogen (secondary N) is 1. The number of carbonyl (C=O) groups is 1. The second-order valence-electron chi connectivity index (χ2n) is 8.26. The minimum Gasteiger partial charge on any atom is -0.346 e. The monoisotopic (exact) mass is 452 g/mol. The van der Waals surface area contributed by atoms with E-state index >= 15 is 0 Å². The maximum Gasteiger partial charge on any atom is 0.264 e. The van der Waals surface area contributed by atoms with E-state index in [9.17, 15) is 17.6 Å². The lowest BCUT2D eigenvalue weighted by atomic mass is 10.0. The molecule has 0 fully saturated rings. The number of carbonyl (C=O) groups excluding carboxylic acids is 1. The van der Waals surface area contributed by atoms with E-state index in [4.69, 9.17) is 0 Å². The van der Waals surface area contributed by atoms with Crippen molar-refractivity contribution in [3.63, 3.8) is 0 Å². The van der Waals surface area contributed by atoms with Crippen molar-refractivity contribution in [3.8, 4) is 0 Å². The normalized spacial score (nSPS) is 16.5. The van der Waals surface area contributed by atoms with Crippen LogP contribution >= 0.6 is 0 Å². The second kappa shape index (κ2) is 8.39. The van der Waals surface area contributed by atoms with Crippen molar-refractivity contribution in [2.45, 2.75) is 44.2 Å². The predicted octanol–water partition coefficient (Wildman–Crippen LogP) is 4.77. The molecule has 7 heteroatoms. The molecule has 0 spiro atoms. The Labute approximate surface area is 187 Å². The first-order valence-electron chi connectivity index (χ1n) is 10.5. The molecule has 0 aliphatic carbocycles. The van der Waals surface area contributed by atoms with Crippen molar-refractivity contribution < 1.29 is 17.6 Å². The second-order valence-corrected chi connectivity index (χ2v) is 10.1. The molecule has 0 aromatic heterocycles. The van der Waals surface area contributed by atoms with Gasteiger partial charge >= 0.3 is 0 Å². The van der Waals surface area contributed by atoms with Gasteiger partial charge in [-0.2, -0.15) is 0 Å². The lowest BCUT2D eigenvalue weighted by molar-refractivity contribution is 0.0940. The number of benzene rings is 3. The maximum absolute atomic E-state index is 13.3. The van der Waals surface area contributed by atoms with Crippen LogP contribution in [0.2, 0.25) is 0 Å². The van der Waals surface area contributed by atoms with E-state index in [-0.39, 0.29) is 28.7 Å². The van der Waals surface area contributed by atoms with Gasteiger partial charge in [0.1, 0.15) is 5.82 Å². The van der Waals surface area contributed by atoms with Crippen LogP contribution in [0.25, 0.3) is 0 Å². The van der Waals surface area contributed by atoms with Gasteiger partial charge in [0.05, 0.1) is 16.6 Å². The van der Waals surface area contributed by atoms with Gasteiger partial charge in [-0.1, -0.05) is 29.8 Å². The molecule has 1 heterocycles. The predicted molar refractivity (Wildman–Crippen MR) is 123 cm³/mol. The van der Waals surface area contributed by atoms with Crippen LogP contribution in [0.3, 0.4) is 0 Å². The standard InChI is InChI=1S/C25H25FN2O3S/c1-16-4-11-23(12-5-16)32(30,31)28-17(2)14-21-15-20(8-13-24(21)28)25(29)27-18(3)19-6-9-22(26)10-7-19/h4-13,15,17-18H,14H2,1-3H3,(H,27,29)/t17-,18-/m1/s1. The summed E-state index contributed by atoms with van der Waals surface area (Å²) >= 11 is 0. The quantitative estimate of drug-likeness (QED) is 0.607. The summed E-state index contributed by atoms with van der Waals surface area (Å²) in [6, 6.07) is 17.3. The zero-order chi connectivity index (χ0) is 23.0. The highest BCUT2D eigenvalue weighted by atomic mass is 32.2. The van der Waals surface area contributed by atoms with Crippen LogP contribution in [0.1, 0.15) is 46.9 Å². The summed E-state index contributed by atoms with van der Waals surface area (Å²) in [5, 5.41) is 2.91. The Kier molecular flexibility index (Phi) is 5.77. The highest BCUT2D eigenvalue weighted by Gasteiger charge is 2.36. The van der Waals surface area contributed by atoms with Crippen molar-refractivity contribution in [1.29, 1.82) is 0 Å². The molecule has 1 amide bonds. The molecule has 1 aliphatic rings. The summed E-state index contributed by atoms with van der Waals surface area (Å²) in [5.41, 5.74) is 3.66. The maximum atomic E-state index is 13.3. The molecular formula is C25H25FN2O3S. The van der Waals surface area contributed by atoms with Crippen LogP contribution in [-0.4, -0.2) is 20.4 Å². The number of hydrogen-bond acceptors (Lipinski definition) is 3. The highest BCUT2D eigenvalue weighted by molar-refractivity contribution is 7.92. The molecule has 3 aromatic rings. The van der Waals surface area contributed by atoms with E-state index in [2.05, 4.69) is 5.32 Å². The van der Waals surface area contributed by atoms with E-state index in [1.165, 1.54) is 16.4 Å². The smallest absolute Gasteiger partial charge is 0.264 e. The summed E-state index contributed by atoms with van der Waals surface area (Å²) in [4.78, 5) is 13.0. The van der Waals surface area contributed by atoms with E-state index < -0.39 is 10.0 Å². The van der Waals surface area contributed by atoms with Crippen LogP contribution < -0.4 is 9.62 Å². The van der Waals surface area contributed by atoms with Crippen LogP contribution in [-0.2, 0) is 16.4 Å². The van der Waals surface area contributed by atoms with Gasteiger partial charge in [0.2, 0.25) is 0 Å². The van der Waals surface area contributed by atoms with Gasteiger partial charge in [-0.25, -0.2) is 12.8 Å². The fourth-order valence-electron chi connectivity index (χ4n) is 4.05. The number of nitrogens with zero attached hydrogens (tertiary/aromatic N) is 1. The molecule has 5 nitrogen and oxygen atoms in total. The molecule has 0 saturated carbocycles. The Morgan fingerprint density at radius 1 is 1.06 bits per heavy atom. The lowest BCUT2D eigenvalue weighted by Gasteiger charge is -2.24. The van der Waals surface area contributed by atoms with E-state index in [1.807, 2.05) is 20.8 Å². The summed E-state index contributed by atoms with van der Waals surface area (Å²) in [6.45, 7) is 5.60. The molecule has 0 radical (unpaired) electrons. The zero-order valence-electron chi connectivity index (χ0n) is 18.2. The zero-order valence-corrected chi connectivity index (χ0v) is 19.0. The third kappa shape index (κ3) is 4.12. The van der Waals surface area contributed by atoms with Crippen molar-refractivity contribution in [3.05, 3.63) is 94.8 Å². The Bertz CT molecular complexity index is 1260. The van der Waals surface area contributed by atoms with Gasteiger partial charge in [-0.15, -0.1) is 0 Å². The third-order valence-corrected chi connectivity index (χ3v) is 7.73. The number of amides is 1. The SMILES string of the molecule is Cc1ccc(S(=O)(=O)N2c3ccc(C(=O)N[C@H](C)c4ccc(F)cc4)cc3C[C@H]2C)cc1. The first-order chi connectivity index (χ1) is 15.2. The van der Waals surface area contributed by atoms with Gasteiger partial charge in [0, 0.05) is 11.6 Å². The summed E-state index contributed by atoms with van der Waals surface area (Å²) in [6.07, 6.45) is 0.523. The number of aryl methyl sites for hydroxylation is 1. The minimum atomic E-state index is -3.71. The van der Waals surface area contributed by atoms with Crippen molar-refractivity contribution in [2.75, 3.05) is 4.31 Å². The first-order valence-corrected chi connectivity index (χ1v) is 11.9. The number of halogens is 1. The average Bonchev–Trinajstić information content (AvgIpc) is 3.10. The topological polar surface area (TPSA) is 66.5 Å². The van der Waals surface area contributed by atoms with E-state index in [0.29, 0.717) is 17.7 Å². The van der Waals surface area contributed by atoms with Crippen LogP contribution in [0, 0.1) is 12.7 Å². The van der Waals surface area contributed by atoms with Crippen molar-refractivity contribution in [1.82, 2.24) is 5.32 Å². The number of hydrogen-bond donors (Lipinski definition) is 1. The van der Waals surface area contributed by atoms with Gasteiger partial charge in [0.25, 0.3) is 15.9 Å². The number of rotatable bonds is 5. The molecule has 0 unspecified atom stereocenters. The fraction of sp³-hybridized carbons (Fsp3) is 0.240. The summed E-state index contributed by atoms with van der Waals surface area (Å²) in [7, 11) is -3.71. The van der Waals surface area contributed by atoms with Crippen molar-refractivity contribution in [2.24, 2.45) is 0 Å². The molecule has 3 aromatic carbocycles. The largest absolute Gasteiger partial charge is 0.346 e. The Balaban J connectivity index is 1.57. The Morgan fingerprint density at radius 2 is 1.72 bits per heavy atom. The van der Waals surface area contributed by atoms with Gasteiger partial charge < -0.3 is 5.32 Å². The number of fused-ring (bicyclic) bond motifs is 1. The molecule has 1 aliphatic heterocycles. The van der Waals surface area contributed by atoms with Crippen LogP contribution in [0.5, 0.6) is 0 Å². The average molecular weight is 453 g/mol. The molecule has 32 heavy (non-hydrogen) atoms. The van der Waals surface area contributed by atoms with E-state index in [0.717, 1.165) is 16.7 Å². The molecule has 166 valence electrons. The summed E-state index contributed by atoms with van der Waals surface area (Å²) < 4.78 is 41.2. The van der Waals surface area contributed by atoms with Crippen molar-refractivity contribution >= 4 is 21.6 Å². The molecule has 1 N–H and O–H groups in total. The van der Waals surface area contributed by atoms with E-state index in [1.54, 1.807) is 54.6 Å². The minimum absolute atomic E-state index is 0.248. The van der Waals surface area contributed by atoms with Crippen LogP contribution in [0.4, 0.5) is 10.1 Å². The molecular weight excluding hydrogens is 427 g/mol. The molecule has 4 rings (SSSR count). The number of sulfonamides is 1. The molecule has 0 bridgehead atoms. The highest BCUT2D eigenvalue weighted by Crippen LogP contribution is 2.37. The Morgan fingerprint density at radius 3 is 2.38 bits per heavy atom. The fourth-order valence-corrected chi connectivity index (χ4v) is 5.74. The van der Waals surface area contributed by atoms with Crippen LogP contribution in [0.15, 0.2) is 71.6 Å². The summed E-state index contributed by atoms with van der Waals surface area (Å²) in [5.74, 6) is -0.595. The third-order valence-electron chi connectivity index (χ3n) is 5.79. The number of anilines is 1. The lowest BCUT2D eigenvalue weighted by Crippen LogP contribution is -2.35. The molecule has 2 atom stereocenters. The first kappa shape index (κ1) is 22.0.